The van der Waals surface area contributed by atoms with Crippen LogP contribution in [0, 0.1) is 5.38 Å². The van der Waals surface area contributed by atoms with Gasteiger partial charge in [-0.25, -0.2) is 8.78 Å². The molecule has 4 heteroatoms. The third-order valence-electron chi connectivity index (χ3n) is 2.20. The molecule has 0 N–H and O–H groups in total. The molecule has 2 rings (SSSR count). The van der Waals surface area contributed by atoms with E-state index in [2.05, 4.69) is 5.38 Å². The second-order valence-electron chi connectivity index (χ2n) is 3.13. The summed E-state index contributed by atoms with van der Waals surface area (Å²) in [6, 6.07) is 1.71. The number of halogens is 2. The van der Waals surface area contributed by atoms with Crippen LogP contribution in [0.4, 0.5) is 8.78 Å². The maximum Gasteiger partial charge on any atom is 1.00 e. The number of rotatable bonds is 0. The molecule has 1 aliphatic carbocycles. The summed E-state index contributed by atoms with van der Waals surface area (Å²) in [5.41, 5.74) is 0.808. The Morgan fingerprint density at radius 1 is 1.38 bits per heavy atom. The van der Waals surface area contributed by atoms with Crippen LogP contribution < -0.4 is 68.9 Å². The van der Waals surface area contributed by atoms with E-state index >= 15 is 0 Å². The van der Waals surface area contributed by atoms with Gasteiger partial charge in [-0.3, -0.25) is 11.3 Å². The van der Waals surface area contributed by atoms with Crippen LogP contribution in [0.1, 0.15) is 29.7 Å². The number of thiophene rings is 1. The number of fused-ring (bicyclic) bond motifs is 1. The SMILES string of the molecule is FC1(F)CCCCc2c[c-]sc21.[Cs+]. The summed E-state index contributed by atoms with van der Waals surface area (Å²) in [7, 11) is 0. The molecule has 0 spiro atoms. The van der Waals surface area contributed by atoms with Crippen molar-refractivity contribution in [2.24, 2.45) is 0 Å². The topological polar surface area (TPSA) is 0 Å². The van der Waals surface area contributed by atoms with Crippen molar-refractivity contribution >= 4 is 11.3 Å². The quantitative estimate of drug-likeness (QED) is 0.479. The first-order valence-electron chi connectivity index (χ1n) is 4.07. The second-order valence-corrected chi connectivity index (χ2v) is 3.98. The molecule has 0 nitrogen and oxygen atoms in total. The molecule has 1 aliphatic rings. The van der Waals surface area contributed by atoms with Gasteiger partial charge in [0.05, 0.1) is 0 Å². The minimum absolute atomic E-state index is 0. The molecule has 66 valence electrons. The van der Waals surface area contributed by atoms with E-state index in [0.717, 1.165) is 29.7 Å². The van der Waals surface area contributed by atoms with E-state index < -0.39 is 5.92 Å². The molecule has 0 aromatic carbocycles. The largest absolute Gasteiger partial charge is 1.00 e. The molecule has 0 atom stereocenters. The van der Waals surface area contributed by atoms with Gasteiger partial charge in [-0.2, -0.15) is 11.6 Å². The summed E-state index contributed by atoms with van der Waals surface area (Å²) in [5.74, 6) is -2.59. The van der Waals surface area contributed by atoms with Gasteiger partial charge in [0.2, 0.25) is 5.92 Å². The van der Waals surface area contributed by atoms with Gasteiger partial charge in [0.25, 0.3) is 0 Å². The molecule has 1 aromatic rings. The molecule has 0 bridgehead atoms. The first-order chi connectivity index (χ1) is 5.70. The summed E-state index contributed by atoms with van der Waals surface area (Å²) in [5, 5.41) is 2.79. The minimum atomic E-state index is -2.59. The van der Waals surface area contributed by atoms with Gasteiger partial charge in [-0.05, 0) is 6.42 Å². The predicted octanol–water partition coefficient (Wildman–Crippen LogP) is 0.370. The normalized spacial score (nSPS) is 19.8. The first-order valence-corrected chi connectivity index (χ1v) is 4.89. The Hall–Kier alpha value is 1.61. The summed E-state index contributed by atoms with van der Waals surface area (Å²) < 4.78 is 26.6. The van der Waals surface area contributed by atoms with Gasteiger partial charge >= 0.3 is 68.9 Å². The zero-order valence-corrected chi connectivity index (χ0v) is 14.7. The Morgan fingerprint density at radius 3 is 2.92 bits per heavy atom. The zero-order chi connectivity index (χ0) is 8.60. The van der Waals surface area contributed by atoms with E-state index in [-0.39, 0.29) is 80.2 Å². The van der Waals surface area contributed by atoms with Gasteiger partial charge in [0.1, 0.15) is 0 Å². The monoisotopic (exact) mass is 320 g/mol. The Bertz CT molecular complexity index is 283. The molecule has 0 unspecified atom stereocenters. The van der Waals surface area contributed by atoms with Crippen LogP contribution in [-0.2, 0) is 12.3 Å². The van der Waals surface area contributed by atoms with Crippen molar-refractivity contribution < 1.29 is 77.7 Å². The first kappa shape index (κ1) is 12.7. The third kappa shape index (κ3) is 2.80. The van der Waals surface area contributed by atoms with Gasteiger partial charge in [0.15, 0.2) is 0 Å². The average Bonchev–Trinajstić information content (AvgIpc) is 2.42. The maximum atomic E-state index is 13.3. The van der Waals surface area contributed by atoms with Crippen LogP contribution in [0.15, 0.2) is 6.07 Å². The molecule has 0 saturated heterocycles. The van der Waals surface area contributed by atoms with Crippen molar-refractivity contribution in [1.82, 2.24) is 0 Å². The molecule has 13 heavy (non-hydrogen) atoms. The molecule has 0 aliphatic heterocycles. The fourth-order valence-electron chi connectivity index (χ4n) is 1.56. The van der Waals surface area contributed by atoms with Crippen LogP contribution in [0.25, 0.3) is 0 Å². The Balaban J connectivity index is 0.000000845. The van der Waals surface area contributed by atoms with Crippen LogP contribution in [0.5, 0.6) is 0 Å². The molecule has 0 fully saturated rings. The fourth-order valence-corrected chi connectivity index (χ4v) is 2.42. The Kier molecular flexibility index (Phi) is 4.97. The van der Waals surface area contributed by atoms with E-state index in [9.17, 15) is 8.78 Å². The predicted molar refractivity (Wildman–Crippen MR) is 44.6 cm³/mol. The van der Waals surface area contributed by atoms with E-state index in [1.807, 2.05) is 0 Å². The minimum Gasteiger partial charge on any atom is -0.294 e. The molecular weight excluding hydrogens is 311 g/mol. The number of alkyl halides is 2. The molecule has 1 heterocycles. The van der Waals surface area contributed by atoms with Crippen LogP contribution in [0.2, 0.25) is 0 Å². The molecule has 0 amide bonds. The van der Waals surface area contributed by atoms with Gasteiger partial charge in [-0.1, -0.05) is 17.7 Å². The molecule has 0 radical (unpaired) electrons. The summed E-state index contributed by atoms with van der Waals surface area (Å²) >= 11 is 1.07. The standard InChI is InChI=1S/C9H9F2S.Cs/c10-9(11)5-2-1-3-7-4-6-12-8(7)9;/h4H,1-3,5H2;/q-1;+1. The van der Waals surface area contributed by atoms with Crippen molar-refractivity contribution in [2.75, 3.05) is 0 Å². The van der Waals surface area contributed by atoms with Crippen LogP contribution in [0.3, 0.4) is 0 Å². The Labute approximate surface area is 140 Å². The van der Waals surface area contributed by atoms with E-state index in [4.69, 9.17) is 0 Å². The summed E-state index contributed by atoms with van der Waals surface area (Å²) in [6.45, 7) is 0. The van der Waals surface area contributed by atoms with Crippen molar-refractivity contribution in [3.63, 3.8) is 0 Å². The molecule has 0 saturated carbocycles. The van der Waals surface area contributed by atoms with Crippen molar-refractivity contribution in [1.29, 1.82) is 0 Å². The van der Waals surface area contributed by atoms with Crippen molar-refractivity contribution in [2.45, 2.75) is 31.6 Å². The van der Waals surface area contributed by atoms with Crippen LogP contribution >= 0.6 is 11.3 Å². The average molecular weight is 320 g/mol. The van der Waals surface area contributed by atoms with Gasteiger partial charge < -0.3 is 0 Å². The molecule has 1 aromatic heterocycles. The third-order valence-corrected chi connectivity index (χ3v) is 3.21. The van der Waals surface area contributed by atoms with E-state index in [1.165, 1.54) is 0 Å². The van der Waals surface area contributed by atoms with Gasteiger partial charge in [0, 0.05) is 6.42 Å². The zero-order valence-electron chi connectivity index (χ0n) is 7.57. The number of aryl methyl sites for hydroxylation is 1. The molecular formula is C9H9CsF2S. The van der Waals surface area contributed by atoms with Crippen molar-refractivity contribution in [3.05, 3.63) is 21.9 Å². The van der Waals surface area contributed by atoms with E-state index in [1.54, 1.807) is 6.07 Å². The Morgan fingerprint density at radius 2 is 2.15 bits per heavy atom. The maximum absolute atomic E-state index is 13.3. The number of hydrogen-bond donors (Lipinski definition) is 0. The van der Waals surface area contributed by atoms with E-state index in [0.29, 0.717) is 6.42 Å². The fraction of sp³-hybridized carbons (Fsp3) is 0.556. The van der Waals surface area contributed by atoms with Crippen LogP contribution in [-0.4, -0.2) is 0 Å². The summed E-state index contributed by atoms with van der Waals surface area (Å²) in [6.07, 6.45) is 2.32. The smallest absolute Gasteiger partial charge is 0.294 e. The summed E-state index contributed by atoms with van der Waals surface area (Å²) in [4.78, 5) is 0.250. The number of hydrogen-bond acceptors (Lipinski definition) is 1. The second kappa shape index (κ2) is 5.10. The van der Waals surface area contributed by atoms with Gasteiger partial charge in [-0.15, -0.1) is 5.38 Å². The van der Waals surface area contributed by atoms with Crippen molar-refractivity contribution in [3.8, 4) is 0 Å².